The summed E-state index contributed by atoms with van der Waals surface area (Å²) < 4.78 is 0. The molecular formula is C14H21NO2. The van der Waals surface area contributed by atoms with Crippen LogP contribution in [0.5, 0.6) is 11.5 Å². The number of hydrogen-bond acceptors (Lipinski definition) is 3. The van der Waals surface area contributed by atoms with E-state index in [9.17, 15) is 10.2 Å². The van der Waals surface area contributed by atoms with Crippen LogP contribution in [0.25, 0.3) is 0 Å². The Bertz CT molecular complexity index is 388. The van der Waals surface area contributed by atoms with Gasteiger partial charge in [-0.2, -0.15) is 0 Å². The Morgan fingerprint density at radius 3 is 2.53 bits per heavy atom. The molecule has 2 unspecified atom stereocenters. The van der Waals surface area contributed by atoms with E-state index in [1.165, 1.54) is 31.4 Å². The predicted octanol–water partition coefficient (Wildman–Crippen LogP) is 2.94. The first kappa shape index (κ1) is 12.2. The van der Waals surface area contributed by atoms with E-state index in [2.05, 4.69) is 12.2 Å². The largest absolute Gasteiger partial charge is 0.508 e. The standard InChI is InChI=1S/C14H21NO2/c1-9(11-4-3-5-11)15-10(2)13-8-12(16)6-7-14(13)17/h6-11,15-17H,3-5H2,1-2H3. The average Bonchev–Trinajstić information content (AvgIpc) is 2.18. The van der Waals surface area contributed by atoms with Crippen molar-refractivity contribution in [3.8, 4) is 11.5 Å². The summed E-state index contributed by atoms with van der Waals surface area (Å²) in [6.45, 7) is 4.21. The number of hydrogen-bond donors (Lipinski definition) is 3. The van der Waals surface area contributed by atoms with Crippen LogP contribution in [0.4, 0.5) is 0 Å². The number of phenolic OH excluding ortho intramolecular Hbond substituents is 2. The van der Waals surface area contributed by atoms with Gasteiger partial charge in [0.1, 0.15) is 11.5 Å². The van der Waals surface area contributed by atoms with Crippen LogP contribution in [0.1, 0.15) is 44.7 Å². The molecule has 1 aliphatic rings. The van der Waals surface area contributed by atoms with Crippen LogP contribution in [0, 0.1) is 5.92 Å². The van der Waals surface area contributed by atoms with Crippen molar-refractivity contribution in [1.82, 2.24) is 5.32 Å². The third-order valence-corrected chi connectivity index (χ3v) is 3.85. The summed E-state index contributed by atoms with van der Waals surface area (Å²) in [4.78, 5) is 0. The second-order valence-corrected chi connectivity index (χ2v) is 5.11. The number of phenols is 2. The molecule has 0 saturated heterocycles. The zero-order valence-electron chi connectivity index (χ0n) is 10.5. The second-order valence-electron chi connectivity index (χ2n) is 5.11. The fourth-order valence-corrected chi connectivity index (χ4v) is 2.45. The first-order valence-corrected chi connectivity index (χ1v) is 6.36. The highest BCUT2D eigenvalue weighted by molar-refractivity contribution is 5.40. The number of nitrogens with one attached hydrogen (secondary N) is 1. The molecule has 3 N–H and O–H groups in total. The van der Waals surface area contributed by atoms with Gasteiger partial charge in [0, 0.05) is 17.6 Å². The van der Waals surface area contributed by atoms with Crippen LogP contribution < -0.4 is 5.32 Å². The smallest absolute Gasteiger partial charge is 0.120 e. The first-order chi connectivity index (χ1) is 8.08. The molecule has 94 valence electrons. The van der Waals surface area contributed by atoms with Gasteiger partial charge in [0.15, 0.2) is 0 Å². The van der Waals surface area contributed by atoms with Gasteiger partial charge in [0.25, 0.3) is 0 Å². The lowest BCUT2D eigenvalue weighted by atomic mass is 9.80. The van der Waals surface area contributed by atoms with Gasteiger partial charge in [0.05, 0.1) is 0 Å². The summed E-state index contributed by atoms with van der Waals surface area (Å²) in [7, 11) is 0. The minimum absolute atomic E-state index is 0.0534. The first-order valence-electron chi connectivity index (χ1n) is 6.36. The van der Waals surface area contributed by atoms with Gasteiger partial charge in [-0.3, -0.25) is 0 Å². The van der Waals surface area contributed by atoms with Gasteiger partial charge in [-0.1, -0.05) is 6.42 Å². The van der Waals surface area contributed by atoms with E-state index in [-0.39, 0.29) is 17.5 Å². The normalized spacial score (nSPS) is 19.6. The molecule has 0 spiro atoms. The van der Waals surface area contributed by atoms with Crippen LogP contribution in [0.3, 0.4) is 0 Å². The van der Waals surface area contributed by atoms with Crippen molar-refractivity contribution in [1.29, 1.82) is 0 Å². The molecule has 1 saturated carbocycles. The van der Waals surface area contributed by atoms with Gasteiger partial charge < -0.3 is 15.5 Å². The molecule has 0 aliphatic heterocycles. The molecule has 3 nitrogen and oxygen atoms in total. The number of aromatic hydroxyl groups is 2. The maximum atomic E-state index is 9.78. The predicted molar refractivity (Wildman–Crippen MR) is 68.1 cm³/mol. The Labute approximate surface area is 102 Å². The monoisotopic (exact) mass is 235 g/mol. The minimum atomic E-state index is 0.0534. The second kappa shape index (κ2) is 4.96. The molecule has 1 aliphatic carbocycles. The van der Waals surface area contributed by atoms with Crippen LogP contribution in [0.2, 0.25) is 0 Å². The van der Waals surface area contributed by atoms with Gasteiger partial charge in [0.2, 0.25) is 0 Å². The van der Waals surface area contributed by atoms with E-state index >= 15 is 0 Å². The average molecular weight is 235 g/mol. The Morgan fingerprint density at radius 2 is 1.94 bits per heavy atom. The summed E-state index contributed by atoms with van der Waals surface area (Å²) in [6, 6.07) is 5.18. The third-order valence-electron chi connectivity index (χ3n) is 3.85. The SMILES string of the molecule is CC(NC(C)C1CCC1)c1cc(O)ccc1O. The van der Waals surface area contributed by atoms with Gasteiger partial charge in [-0.05, 0) is 50.8 Å². The molecule has 1 fully saturated rings. The van der Waals surface area contributed by atoms with Crippen molar-refractivity contribution >= 4 is 0 Å². The lowest BCUT2D eigenvalue weighted by Gasteiger charge is -2.34. The highest BCUT2D eigenvalue weighted by Gasteiger charge is 2.25. The molecule has 0 bridgehead atoms. The van der Waals surface area contributed by atoms with E-state index in [1.807, 2.05) is 6.92 Å². The van der Waals surface area contributed by atoms with Crippen LogP contribution in [-0.4, -0.2) is 16.3 Å². The summed E-state index contributed by atoms with van der Waals surface area (Å²) >= 11 is 0. The molecule has 2 rings (SSSR count). The van der Waals surface area contributed by atoms with E-state index in [0.29, 0.717) is 6.04 Å². The van der Waals surface area contributed by atoms with E-state index in [0.717, 1.165) is 11.5 Å². The molecule has 0 amide bonds. The van der Waals surface area contributed by atoms with Gasteiger partial charge >= 0.3 is 0 Å². The van der Waals surface area contributed by atoms with Gasteiger partial charge in [-0.25, -0.2) is 0 Å². The van der Waals surface area contributed by atoms with Crippen molar-refractivity contribution in [2.75, 3.05) is 0 Å². The summed E-state index contributed by atoms with van der Waals surface area (Å²) in [5.41, 5.74) is 0.760. The lowest BCUT2D eigenvalue weighted by Crippen LogP contribution is -2.38. The third kappa shape index (κ3) is 2.72. The highest BCUT2D eigenvalue weighted by Crippen LogP contribution is 2.32. The van der Waals surface area contributed by atoms with Crippen molar-refractivity contribution in [3.05, 3.63) is 23.8 Å². The molecular weight excluding hydrogens is 214 g/mol. The summed E-state index contributed by atoms with van der Waals surface area (Å²) in [5, 5.41) is 22.7. The quantitative estimate of drug-likeness (QED) is 0.703. The van der Waals surface area contributed by atoms with Crippen molar-refractivity contribution in [3.63, 3.8) is 0 Å². The Kier molecular flexibility index (Phi) is 3.57. The molecule has 2 atom stereocenters. The van der Waals surface area contributed by atoms with Crippen molar-refractivity contribution in [2.45, 2.75) is 45.2 Å². The maximum absolute atomic E-state index is 9.78. The Hall–Kier alpha value is -1.22. The molecule has 1 aromatic carbocycles. The zero-order valence-corrected chi connectivity index (χ0v) is 10.5. The molecule has 0 heterocycles. The molecule has 3 heteroatoms. The fraction of sp³-hybridized carbons (Fsp3) is 0.571. The van der Waals surface area contributed by atoms with Gasteiger partial charge in [-0.15, -0.1) is 0 Å². The highest BCUT2D eigenvalue weighted by atomic mass is 16.3. The maximum Gasteiger partial charge on any atom is 0.120 e. The van der Waals surface area contributed by atoms with Crippen LogP contribution in [0.15, 0.2) is 18.2 Å². The van der Waals surface area contributed by atoms with Crippen molar-refractivity contribution < 1.29 is 10.2 Å². The molecule has 0 radical (unpaired) electrons. The van der Waals surface area contributed by atoms with Crippen molar-refractivity contribution in [2.24, 2.45) is 5.92 Å². The fourth-order valence-electron chi connectivity index (χ4n) is 2.45. The van der Waals surface area contributed by atoms with E-state index < -0.39 is 0 Å². The van der Waals surface area contributed by atoms with E-state index in [4.69, 9.17) is 0 Å². The van der Waals surface area contributed by atoms with E-state index in [1.54, 1.807) is 6.07 Å². The summed E-state index contributed by atoms with van der Waals surface area (Å²) in [6.07, 6.45) is 3.93. The number of rotatable bonds is 4. The Morgan fingerprint density at radius 1 is 1.24 bits per heavy atom. The Balaban J connectivity index is 2.02. The molecule has 17 heavy (non-hydrogen) atoms. The summed E-state index contributed by atoms with van der Waals surface area (Å²) in [5.74, 6) is 1.20. The molecule has 1 aromatic rings. The van der Waals surface area contributed by atoms with Crippen LogP contribution >= 0.6 is 0 Å². The molecule has 0 aromatic heterocycles. The lowest BCUT2D eigenvalue weighted by molar-refractivity contribution is 0.229. The number of benzene rings is 1. The zero-order chi connectivity index (χ0) is 12.4. The van der Waals surface area contributed by atoms with Crippen LogP contribution in [-0.2, 0) is 0 Å². The topological polar surface area (TPSA) is 52.5 Å². The minimum Gasteiger partial charge on any atom is -0.508 e.